The van der Waals surface area contributed by atoms with Crippen LogP contribution in [-0.4, -0.2) is 26.0 Å². The van der Waals surface area contributed by atoms with Crippen molar-refractivity contribution in [1.82, 2.24) is 15.5 Å². The van der Waals surface area contributed by atoms with Crippen LogP contribution in [0.3, 0.4) is 0 Å². The van der Waals surface area contributed by atoms with E-state index < -0.39 is 10.8 Å². The van der Waals surface area contributed by atoms with Crippen LogP contribution in [-0.2, 0) is 21.3 Å². The zero-order chi connectivity index (χ0) is 16.8. The van der Waals surface area contributed by atoms with Crippen molar-refractivity contribution in [3.05, 3.63) is 47.6 Å². The maximum atomic E-state index is 12.0. The lowest BCUT2D eigenvalue weighted by atomic mass is 10.1. The largest absolute Gasteiger partial charge is 0.349 e. The monoisotopic (exact) mass is 335 g/mol. The van der Waals surface area contributed by atoms with Crippen molar-refractivity contribution in [2.45, 2.75) is 38.5 Å². The molecule has 0 aliphatic carbocycles. The van der Waals surface area contributed by atoms with Gasteiger partial charge in [0.15, 0.2) is 5.82 Å². The molecule has 0 saturated carbocycles. The first kappa shape index (κ1) is 17.3. The van der Waals surface area contributed by atoms with Gasteiger partial charge in [-0.15, -0.1) is 0 Å². The molecular weight excluding hydrogens is 314 g/mol. The highest BCUT2D eigenvalue weighted by atomic mass is 32.2. The Morgan fingerprint density at radius 1 is 1.26 bits per heavy atom. The first-order valence-corrected chi connectivity index (χ1v) is 8.96. The molecule has 0 aliphatic rings. The van der Waals surface area contributed by atoms with Gasteiger partial charge in [-0.1, -0.05) is 49.3 Å². The Kier molecular flexibility index (Phi) is 6.04. The molecule has 7 heteroatoms. The van der Waals surface area contributed by atoms with Crippen molar-refractivity contribution in [2.75, 3.05) is 5.75 Å². The van der Waals surface area contributed by atoms with E-state index >= 15 is 0 Å². The molecule has 124 valence electrons. The molecule has 2 rings (SSSR count). The van der Waals surface area contributed by atoms with E-state index in [-0.39, 0.29) is 29.4 Å². The van der Waals surface area contributed by atoms with Gasteiger partial charge >= 0.3 is 0 Å². The number of hydrogen-bond acceptors (Lipinski definition) is 5. The van der Waals surface area contributed by atoms with Gasteiger partial charge < -0.3 is 9.84 Å². The number of aromatic nitrogens is 2. The summed E-state index contributed by atoms with van der Waals surface area (Å²) >= 11 is 0. The fourth-order valence-electron chi connectivity index (χ4n) is 2.00. The summed E-state index contributed by atoms with van der Waals surface area (Å²) in [4.78, 5) is 16.1. The Bertz CT molecular complexity index is 670. The molecule has 0 saturated heterocycles. The number of hydrogen-bond donors (Lipinski definition) is 1. The fourth-order valence-corrected chi connectivity index (χ4v) is 2.87. The number of amides is 1. The number of carbonyl (C=O) groups is 1. The second-order valence-corrected chi connectivity index (χ2v) is 7.09. The summed E-state index contributed by atoms with van der Waals surface area (Å²) in [5, 5.41) is 6.65. The molecule has 6 nitrogen and oxygen atoms in total. The second-order valence-electron chi connectivity index (χ2n) is 5.63. The van der Waals surface area contributed by atoms with Gasteiger partial charge in [-0.2, -0.15) is 4.98 Å². The fraction of sp³-hybridized carbons (Fsp3) is 0.438. The molecule has 1 heterocycles. The smallest absolute Gasteiger partial charge is 0.239 e. The highest BCUT2D eigenvalue weighted by Gasteiger charge is 2.16. The predicted molar refractivity (Wildman–Crippen MR) is 88.1 cm³/mol. The first-order chi connectivity index (χ1) is 11.0. The van der Waals surface area contributed by atoms with Gasteiger partial charge in [-0.05, 0) is 12.5 Å². The maximum Gasteiger partial charge on any atom is 0.239 e. The minimum Gasteiger partial charge on any atom is -0.349 e. The molecule has 1 aromatic carbocycles. The molecule has 0 spiro atoms. The van der Waals surface area contributed by atoms with Crippen molar-refractivity contribution < 1.29 is 13.5 Å². The summed E-state index contributed by atoms with van der Waals surface area (Å²) in [6.07, 6.45) is 0. The minimum atomic E-state index is -1.38. The van der Waals surface area contributed by atoms with Gasteiger partial charge in [-0.25, -0.2) is 0 Å². The summed E-state index contributed by atoms with van der Waals surface area (Å²) < 4.78 is 17.1. The molecule has 0 radical (unpaired) electrons. The van der Waals surface area contributed by atoms with Crippen LogP contribution in [0.1, 0.15) is 50.0 Å². The Morgan fingerprint density at radius 3 is 2.57 bits per heavy atom. The first-order valence-electron chi connectivity index (χ1n) is 7.47. The molecule has 0 bridgehead atoms. The topological polar surface area (TPSA) is 85.1 Å². The summed E-state index contributed by atoms with van der Waals surface area (Å²) in [5.74, 6) is 0.776. The number of benzene rings is 1. The Hall–Kier alpha value is -2.02. The van der Waals surface area contributed by atoms with Crippen LogP contribution in [0.5, 0.6) is 0 Å². The van der Waals surface area contributed by atoms with Crippen molar-refractivity contribution >= 4 is 16.7 Å². The van der Waals surface area contributed by atoms with E-state index in [0.717, 1.165) is 5.56 Å². The molecule has 1 amide bonds. The van der Waals surface area contributed by atoms with Gasteiger partial charge in [0.05, 0.1) is 6.04 Å². The van der Waals surface area contributed by atoms with Crippen molar-refractivity contribution in [3.63, 3.8) is 0 Å². The molecule has 1 aromatic heterocycles. The van der Waals surface area contributed by atoms with Gasteiger partial charge in [0.25, 0.3) is 0 Å². The summed E-state index contributed by atoms with van der Waals surface area (Å²) in [5.41, 5.74) is 1.00. The zero-order valence-corrected chi connectivity index (χ0v) is 14.3. The zero-order valence-electron chi connectivity index (χ0n) is 13.5. The van der Waals surface area contributed by atoms with E-state index in [1.807, 2.05) is 51.1 Å². The van der Waals surface area contributed by atoms with Gasteiger partial charge in [0, 0.05) is 16.7 Å². The summed E-state index contributed by atoms with van der Waals surface area (Å²) in [6, 6.07) is 9.50. The lowest BCUT2D eigenvalue weighted by Gasteiger charge is -2.13. The Morgan fingerprint density at radius 2 is 1.96 bits per heavy atom. The van der Waals surface area contributed by atoms with Crippen LogP contribution in [0.25, 0.3) is 0 Å². The van der Waals surface area contributed by atoms with Crippen molar-refractivity contribution in [2.24, 2.45) is 0 Å². The molecule has 2 aromatic rings. The Balaban J connectivity index is 1.83. The van der Waals surface area contributed by atoms with Crippen LogP contribution in [0.2, 0.25) is 0 Å². The standard InChI is InChI=1S/C16H21N3O3S/c1-11(2)16-18-15(22-19-16)10-23(21)9-14(20)17-12(3)13-7-5-4-6-8-13/h4-8,11-12H,9-10H2,1-3H3,(H,17,20)/t12-,23-/m1/s1. The van der Waals surface area contributed by atoms with Crippen molar-refractivity contribution in [3.8, 4) is 0 Å². The quantitative estimate of drug-likeness (QED) is 0.839. The lowest BCUT2D eigenvalue weighted by molar-refractivity contribution is -0.119. The summed E-state index contributed by atoms with van der Waals surface area (Å²) in [7, 11) is -1.38. The van der Waals surface area contributed by atoms with E-state index in [0.29, 0.717) is 11.7 Å². The number of nitrogens with one attached hydrogen (secondary N) is 1. The van der Waals surface area contributed by atoms with Crippen LogP contribution in [0.4, 0.5) is 0 Å². The van der Waals surface area contributed by atoms with Crippen LogP contribution < -0.4 is 5.32 Å². The number of carbonyl (C=O) groups excluding carboxylic acids is 1. The molecule has 23 heavy (non-hydrogen) atoms. The van der Waals surface area contributed by atoms with E-state index in [4.69, 9.17) is 4.52 Å². The van der Waals surface area contributed by atoms with Crippen LogP contribution in [0.15, 0.2) is 34.9 Å². The van der Waals surface area contributed by atoms with Crippen LogP contribution in [0, 0.1) is 0 Å². The van der Waals surface area contributed by atoms with Gasteiger partial charge in [0.2, 0.25) is 11.8 Å². The molecule has 0 fully saturated rings. The van der Waals surface area contributed by atoms with Gasteiger partial charge in [-0.3, -0.25) is 9.00 Å². The van der Waals surface area contributed by atoms with E-state index in [9.17, 15) is 9.00 Å². The predicted octanol–water partition coefficient (Wildman–Crippen LogP) is 2.32. The Labute approximate surface area is 138 Å². The molecular formula is C16H21N3O3S. The third kappa shape index (κ3) is 5.28. The SMILES string of the molecule is CC(C)c1noc(C[S@](=O)CC(=O)N[C@H](C)c2ccccc2)n1. The number of rotatable bonds is 7. The molecule has 0 unspecified atom stereocenters. The molecule has 1 N–H and O–H groups in total. The second kappa shape index (κ2) is 8.01. The number of nitrogens with zero attached hydrogens (tertiary/aromatic N) is 2. The maximum absolute atomic E-state index is 12.0. The third-order valence-corrected chi connectivity index (χ3v) is 4.41. The van der Waals surface area contributed by atoms with Gasteiger partial charge in [0.1, 0.15) is 11.5 Å². The van der Waals surface area contributed by atoms with Crippen LogP contribution >= 0.6 is 0 Å². The molecule has 2 atom stereocenters. The lowest BCUT2D eigenvalue weighted by Crippen LogP contribution is -2.31. The molecule has 0 aliphatic heterocycles. The average Bonchev–Trinajstić information content (AvgIpc) is 2.96. The van der Waals surface area contributed by atoms with E-state index in [1.54, 1.807) is 0 Å². The third-order valence-electron chi connectivity index (χ3n) is 3.25. The van der Waals surface area contributed by atoms with E-state index in [1.165, 1.54) is 0 Å². The average molecular weight is 335 g/mol. The minimum absolute atomic E-state index is 0.0867. The van der Waals surface area contributed by atoms with Crippen molar-refractivity contribution in [1.29, 1.82) is 0 Å². The normalized spacial score (nSPS) is 13.7. The van der Waals surface area contributed by atoms with E-state index in [2.05, 4.69) is 15.5 Å². The summed E-state index contributed by atoms with van der Waals surface area (Å²) in [6.45, 7) is 5.79. The highest BCUT2D eigenvalue weighted by Crippen LogP contribution is 2.12. The highest BCUT2D eigenvalue weighted by molar-refractivity contribution is 7.84.